The maximum absolute atomic E-state index is 8.63. The average Bonchev–Trinajstić information content (AvgIpc) is 1.36. The van der Waals surface area contributed by atoms with Crippen molar-refractivity contribution in [3.8, 4) is 0 Å². The van der Waals surface area contributed by atoms with Gasteiger partial charge in [-0.25, -0.2) is 8.42 Å². The topological polar surface area (TPSA) is 77.4 Å². The van der Waals surface area contributed by atoms with Crippen LogP contribution in [0.4, 0.5) is 0 Å². The fourth-order valence-electron chi connectivity index (χ4n) is 0. The van der Waals surface area contributed by atoms with Crippen LogP contribution in [0, 0.1) is 0 Å². The van der Waals surface area contributed by atoms with Gasteiger partial charge in [0.1, 0.15) is 0 Å². The Balaban J connectivity index is 0. The maximum atomic E-state index is 8.63. The zero-order valence-corrected chi connectivity index (χ0v) is 5.29. The van der Waals surface area contributed by atoms with E-state index in [1.165, 1.54) is 0 Å². The molecule has 0 aromatic rings. The number of rotatable bonds is 0. The molecular formula is CH3CrO4S-. The van der Waals surface area contributed by atoms with E-state index in [9.17, 15) is 0 Å². The van der Waals surface area contributed by atoms with Crippen LogP contribution in [-0.2, 0) is 26.3 Å². The molecule has 1 N–H and O–H groups in total. The monoisotopic (exact) mass is 163 g/mol. The van der Waals surface area contributed by atoms with E-state index in [0.29, 0.717) is 0 Å². The van der Waals surface area contributed by atoms with Gasteiger partial charge in [-0.05, 0) is 0 Å². The van der Waals surface area contributed by atoms with Crippen molar-refractivity contribution in [2.24, 2.45) is 0 Å². The number of hydrogen-bond acceptors (Lipinski definition) is 3. The Labute approximate surface area is 49.7 Å². The second-order valence-corrected chi connectivity index (χ2v) is 1.28. The van der Waals surface area contributed by atoms with Gasteiger partial charge in [-0.2, -0.15) is 0 Å². The summed E-state index contributed by atoms with van der Waals surface area (Å²) in [5.74, 6) is 0. The van der Waals surface area contributed by atoms with Crippen LogP contribution in [0.3, 0.4) is 0 Å². The molecule has 6 heteroatoms. The standard InChI is InChI=1S/CH2.Cr.H2O4S/c;;1-5(2,3)4/h1H2;;(H2,1,2,3,4)/p-1. The second-order valence-electron chi connectivity index (χ2n) is 0.428. The summed E-state index contributed by atoms with van der Waals surface area (Å²) in [6, 6.07) is 0. The Hall–Kier alpha value is 0.272. The SMILES string of the molecule is O=S(=O)([O-])O.[CH2]=[Cr]. The molecule has 0 aromatic carbocycles. The summed E-state index contributed by atoms with van der Waals surface area (Å²) in [7, 11) is -4.92. The van der Waals surface area contributed by atoms with Gasteiger partial charge in [0.2, 0.25) is 10.4 Å². The summed E-state index contributed by atoms with van der Waals surface area (Å²) in [5, 5.41) is 3.12. The van der Waals surface area contributed by atoms with Crippen molar-refractivity contribution in [2.45, 2.75) is 0 Å². The first-order valence-corrected chi connectivity index (χ1v) is 3.24. The molecule has 7 heavy (non-hydrogen) atoms. The molecule has 0 rings (SSSR count). The van der Waals surface area contributed by atoms with E-state index in [1.54, 1.807) is 0 Å². The molecule has 0 saturated heterocycles. The van der Waals surface area contributed by atoms with Crippen LogP contribution >= 0.6 is 0 Å². The quantitative estimate of drug-likeness (QED) is 0.366. The van der Waals surface area contributed by atoms with Crippen molar-refractivity contribution >= 4 is 15.8 Å². The van der Waals surface area contributed by atoms with Gasteiger partial charge in [-0.15, -0.1) is 0 Å². The molecule has 0 amide bonds. The third-order valence-electron chi connectivity index (χ3n) is 0. The first-order chi connectivity index (χ1) is 3.00. The molecule has 0 radical (unpaired) electrons. The van der Waals surface area contributed by atoms with Crippen LogP contribution in [0.1, 0.15) is 0 Å². The third kappa shape index (κ3) is 1540. The van der Waals surface area contributed by atoms with Gasteiger partial charge in [0.15, 0.2) is 0 Å². The van der Waals surface area contributed by atoms with Crippen LogP contribution in [0.15, 0.2) is 0 Å². The Morgan fingerprint density at radius 1 is 1.57 bits per heavy atom. The zero-order chi connectivity index (χ0) is 6.50. The Morgan fingerprint density at radius 2 is 1.57 bits per heavy atom. The van der Waals surface area contributed by atoms with Crippen molar-refractivity contribution in [1.29, 1.82) is 0 Å². The van der Waals surface area contributed by atoms with E-state index in [0.717, 1.165) is 0 Å². The Bertz CT molecular complexity index is 106. The molecule has 0 aliphatic heterocycles. The van der Waals surface area contributed by atoms with Gasteiger partial charge >= 0.3 is 21.2 Å². The van der Waals surface area contributed by atoms with E-state index in [-0.39, 0.29) is 0 Å². The van der Waals surface area contributed by atoms with Crippen molar-refractivity contribution in [2.75, 3.05) is 0 Å². The molecule has 0 spiro atoms. The first-order valence-electron chi connectivity index (χ1n) is 0.971. The summed E-state index contributed by atoms with van der Waals surface area (Å²) < 4.78 is 32.8. The molecule has 0 aliphatic rings. The Kier molecular flexibility index (Phi) is 6.52. The van der Waals surface area contributed by atoms with E-state index >= 15 is 0 Å². The van der Waals surface area contributed by atoms with Crippen LogP contribution < -0.4 is 0 Å². The molecular weight excluding hydrogens is 160 g/mol. The van der Waals surface area contributed by atoms with Crippen molar-refractivity contribution in [3.63, 3.8) is 0 Å². The molecule has 0 saturated carbocycles. The third-order valence-corrected chi connectivity index (χ3v) is 0. The molecule has 0 unspecified atom stereocenters. The molecule has 0 atom stereocenters. The van der Waals surface area contributed by atoms with E-state index < -0.39 is 10.4 Å². The van der Waals surface area contributed by atoms with Crippen LogP contribution in [0.2, 0.25) is 0 Å². The summed E-state index contributed by atoms with van der Waals surface area (Å²) in [5.41, 5.74) is 0. The molecule has 0 fully saturated rings. The van der Waals surface area contributed by atoms with E-state index in [1.807, 2.05) is 0 Å². The van der Waals surface area contributed by atoms with Gasteiger partial charge in [0, 0.05) is 0 Å². The predicted molar refractivity (Wildman–Crippen MR) is 19.4 cm³/mol. The van der Waals surface area contributed by atoms with Crippen LogP contribution in [0.25, 0.3) is 0 Å². The molecule has 4 nitrogen and oxygen atoms in total. The van der Waals surface area contributed by atoms with E-state index in [4.69, 9.17) is 17.5 Å². The average molecular weight is 163 g/mol. The summed E-state index contributed by atoms with van der Waals surface area (Å²) in [6.07, 6.45) is 0. The van der Waals surface area contributed by atoms with Gasteiger partial charge in [-0.1, -0.05) is 0 Å². The predicted octanol–water partition coefficient (Wildman–Crippen LogP) is -1.03. The van der Waals surface area contributed by atoms with Gasteiger partial charge in [0.05, 0.1) is 0 Å². The number of hydrogen-bond donors (Lipinski definition) is 1. The van der Waals surface area contributed by atoms with Crippen molar-refractivity contribution in [3.05, 3.63) is 0 Å². The molecule has 0 heterocycles. The normalized spacial score (nSPS) is 8.86. The molecule has 0 aromatic heterocycles. The molecule has 0 aliphatic carbocycles. The summed E-state index contributed by atoms with van der Waals surface area (Å²) in [4.78, 5) is 0. The Morgan fingerprint density at radius 3 is 1.57 bits per heavy atom. The summed E-state index contributed by atoms with van der Waals surface area (Å²) >= 11 is 2.38. The van der Waals surface area contributed by atoms with Gasteiger partial charge in [-0.3, -0.25) is 4.55 Å². The van der Waals surface area contributed by atoms with Crippen molar-refractivity contribution in [1.82, 2.24) is 0 Å². The minimum absolute atomic E-state index is 2.38. The second kappa shape index (κ2) is 4.43. The first kappa shape index (κ1) is 10.3. The van der Waals surface area contributed by atoms with E-state index in [2.05, 4.69) is 21.2 Å². The van der Waals surface area contributed by atoms with Crippen LogP contribution in [-0.4, -0.2) is 22.9 Å². The van der Waals surface area contributed by atoms with Crippen molar-refractivity contribution < 1.29 is 33.4 Å². The molecule has 0 bridgehead atoms. The summed E-state index contributed by atoms with van der Waals surface area (Å²) in [6.45, 7) is 0. The van der Waals surface area contributed by atoms with Crippen LogP contribution in [0.5, 0.6) is 0 Å². The fraction of sp³-hybridized carbons (Fsp3) is 0. The molecule has 44 valence electrons. The fourth-order valence-corrected chi connectivity index (χ4v) is 0. The van der Waals surface area contributed by atoms with Gasteiger partial charge in [0.25, 0.3) is 0 Å². The van der Waals surface area contributed by atoms with Gasteiger partial charge < -0.3 is 4.55 Å². The minimum atomic E-state index is -4.92. The zero-order valence-electron chi connectivity index (χ0n) is 3.20.